The fraction of sp³-hybridized carbons (Fsp3) is 0.263. The quantitative estimate of drug-likeness (QED) is 0.781. The molecule has 2 aromatic carbocycles. The summed E-state index contributed by atoms with van der Waals surface area (Å²) in [5.74, 6) is -1.28. The summed E-state index contributed by atoms with van der Waals surface area (Å²) >= 11 is 0. The van der Waals surface area contributed by atoms with Crippen LogP contribution in [0.2, 0.25) is 0 Å². The van der Waals surface area contributed by atoms with Crippen molar-refractivity contribution in [2.45, 2.75) is 31.8 Å². The normalized spacial score (nSPS) is 11.7. The van der Waals surface area contributed by atoms with Crippen molar-refractivity contribution in [1.29, 1.82) is 5.26 Å². The van der Waals surface area contributed by atoms with Crippen molar-refractivity contribution in [2.24, 2.45) is 0 Å². The molecule has 24 heavy (non-hydrogen) atoms. The summed E-state index contributed by atoms with van der Waals surface area (Å²) in [6.45, 7) is 0.286. The number of nitriles is 1. The zero-order valence-electron chi connectivity index (χ0n) is 13.2. The molecule has 0 saturated carbocycles. The van der Waals surface area contributed by atoms with Crippen molar-refractivity contribution in [3.8, 4) is 6.07 Å². The van der Waals surface area contributed by atoms with Crippen LogP contribution < -0.4 is 5.32 Å². The Morgan fingerprint density at radius 2 is 2.00 bits per heavy atom. The summed E-state index contributed by atoms with van der Waals surface area (Å²) in [5, 5.41) is 20.9. The largest absolute Gasteiger partial charge is 0.481 e. The van der Waals surface area contributed by atoms with E-state index in [1.165, 1.54) is 6.07 Å². The third-order valence-corrected chi connectivity index (χ3v) is 3.79. The molecule has 0 bridgehead atoms. The maximum atomic E-state index is 13.9. The van der Waals surface area contributed by atoms with Gasteiger partial charge in [-0.25, -0.2) is 4.39 Å². The van der Waals surface area contributed by atoms with Crippen molar-refractivity contribution in [3.63, 3.8) is 0 Å². The third-order valence-electron chi connectivity index (χ3n) is 3.79. The molecule has 0 fully saturated rings. The molecular formula is C19H19FN2O2. The number of nitrogens with one attached hydrogen (secondary N) is 1. The minimum absolute atomic E-state index is 0.0559. The van der Waals surface area contributed by atoms with Crippen LogP contribution in [-0.2, 0) is 17.8 Å². The first-order chi connectivity index (χ1) is 11.6. The average molecular weight is 326 g/mol. The number of carbonyl (C=O) groups is 1. The third kappa shape index (κ3) is 5.49. The van der Waals surface area contributed by atoms with Crippen molar-refractivity contribution < 1.29 is 14.3 Å². The molecule has 0 spiro atoms. The molecule has 0 saturated heterocycles. The van der Waals surface area contributed by atoms with Crippen LogP contribution in [0.1, 0.15) is 29.5 Å². The molecule has 0 amide bonds. The number of benzene rings is 2. The van der Waals surface area contributed by atoms with Crippen molar-refractivity contribution in [1.82, 2.24) is 5.32 Å². The maximum Gasteiger partial charge on any atom is 0.303 e. The van der Waals surface area contributed by atoms with E-state index in [-0.39, 0.29) is 24.6 Å². The summed E-state index contributed by atoms with van der Waals surface area (Å²) in [7, 11) is 0. The molecule has 0 aromatic heterocycles. The van der Waals surface area contributed by atoms with Crippen molar-refractivity contribution >= 4 is 5.97 Å². The number of rotatable bonds is 8. The molecule has 4 nitrogen and oxygen atoms in total. The first-order valence-corrected chi connectivity index (χ1v) is 7.76. The Morgan fingerprint density at radius 3 is 2.62 bits per heavy atom. The van der Waals surface area contributed by atoms with Crippen LogP contribution in [0.15, 0.2) is 48.5 Å². The molecule has 0 aliphatic heterocycles. The van der Waals surface area contributed by atoms with Gasteiger partial charge in [0.05, 0.1) is 11.6 Å². The molecule has 0 aliphatic rings. The molecule has 2 rings (SSSR count). The van der Waals surface area contributed by atoms with Gasteiger partial charge in [0.1, 0.15) is 5.82 Å². The predicted molar refractivity (Wildman–Crippen MR) is 88.8 cm³/mol. The summed E-state index contributed by atoms with van der Waals surface area (Å²) in [6, 6.07) is 16.0. The Bertz CT molecular complexity index is 726. The molecule has 124 valence electrons. The van der Waals surface area contributed by atoms with E-state index in [0.29, 0.717) is 18.4 Å². The second-order valence-corrected chi connectivity index (χ2v) is 5.62. The Hall–Kier alpha value is -2.71. The highest BCUT2D eigenvalue weighted by atomic mass is 19.1. The second-order valence-electron chi connectivity index (χ2n) is 5.62. The van der Waals surface area contributed by atoms with Crippen LogP contribution in [-0.4, -0.2) is 17.1 Å². The van der Waals surface area contributed by atoms with Gasteiger partial charge in [-0.3, -0.25) is 4.79 Å². The van der Waals surface area contributed by atoms with Gasteiger partial charge in [0.2, 0.25) is 0 Å². The van der Waals surface area contributed by atoms with E-state index in [4.69, 9.17) is 10.4 Å². The lowest BCUT2D eigenvalue weighted by Crippen LogP contribution is -2.31. The average Bonchev–Trinajstić information content (AvgIpc) is 2.58. The van der Waals surface area contributed by atoms with Gasteiger partial charge in [-0.2, -0.15) is 5.26 Å². The van der Waals surface area contributed by atoms with Gasteiger partial charge in [-0.05, 0) is 30.5 Å². The standard InChI is InChI=1S/C19H19FN2O2/c20-18-11-15(12-21)6-7-16(18)13-22-17(8-9-19(23)24)10-14-4-2-1-3-5-14/h1-7,11,17,22H,8-10,13H2,(H,23,24). The molecule has 0 heterocycles. The van der Waals surface area contributed by atoms with Gasteiger partial charge < -0.3 is 10.4 Å². The maximum absolute atomic E-state index is 13.9. The number of halogens is 1. The second kappa shape index (κ2) is 8.80. The lowest BCUT2D eigenvalue weighted by molar-refractivity contribution is -0.137. The molecule has 0 aliphatic carbocycles. The van der Waals surface area contributed by atoms with Gasteiger partial charge in [0.15, 0.2) is 0 Å². The molecule has 1 atom stereocenters. The smallest absolute Gasteiger partial charge is 0.303 e. The van der Waals surface area contributed by atoms with Crippen LogP contribution in [0.4, 0.5) is 4.39 Å². The monoisotopic (exact) mass is 326 g/mol. The summed E-state index contributed by atoms with van der Waals surface area (Å²) in [5.41, 5.74) is 1.84. The summed E-state index contributed by atoms with van der Waals surface area (Å²) in [6.07, 6.45) is 1.19. The summed E-state index contributed by atoms with van der Waals surface area (Å²) in [4.78, 5) is 10.8. The molecule has 0 radical (unpaired) electrons. The molecule has 2 N–H and O–H groups in total. The minimum atomic E-state index is -0.848. The molecular weight excluding hydrogens is 307 g/mol. The van der Waals surface area contributed by atoms with Gasteiger partial charge in [0, 0.05) is 24.6 Å². The molecule has 2 aromatic rings. The zero-order chi connectivity index (χ0) is 17.4. The Balaban J connectivity index is 2.02. The first-order valence-electron chi connectivity index (χ1n) is 7.76. The number of carboxylic acid groups (broad SMARTS) is 1. The highest BCUT2D eigenvalue weighted by Crippen LogP contribution is 2.12. The SMILES string of the molecule is N#Cc1ccc(CNC(CCC(=O)O)Cc2ccccc2)c(F)c1. The van der Waals surface area contributed by atoms with E-state index in [0.717, 1.165) is 5.56 Å². The first kappa shape index (κ1) is 17.6. The van der Waals surface area contributed by atoms with Crippen LogP contribution >= 0.6 is 0 Å². The highest BCUT2D eigenvalue weighted by molar-refractivity contribution is 5.66. The van der Waals surface area contributed by atoms with E-state index < -0.39 is 11.8 Å². The van der Waals surface area contributed by atoms with E-state index in [9.17, 15) is 9.18 Å². The Morgan fingerprint density at radius 1 is 1.25 bits per heavy atom. The van der Waals surface area contributed by atoms with Crippen LogP contribution in [0.25, 0.3) is 0 Å². The number of carboxylic acids is 1. The van der Waals surface area contributed by atoms with E-state index in [1.54, 1.807) is 12.1 Å². The number of hydrogen-bond acceptors (Lipinski definition) is 3. The van der Waals surface area contributed by atoms with E-state index in [1.807, 2.05) is 36.4 Å². The zero-order valence-corrected chi connectivity index (χ0v) is 13.2. The lowest BCUT2D eigenvalue weighted by atomic mass is 10.0. The van der Waals surface area contributed by atoms with Crippen molar-refractivity contribution in [2.75, 3.05) is 0 Å². The lowest BCUT2D eigenvalue weighted by Gasteiger charge is -2.18. The van der Waals surface area contributed by atoms with Crippen molar-refractivity contribution in [3.05, 3.63) is 71.0 Å². The Labute approximate surface area is 140 Å². The predicted octanol–water partition coefficient (Wildman–Crippen LogP) is 3.26. The fourth-order valence-corrected chi connectivity index (χ4v) is 2.49. The van der Waals surface area contributed by atoms with E-state index >= 15 is 0 Å². The fourth-order valence-electron chi connectivity index (χ4n) is 2.49. The number of nitrogens with zero attached hydrogens (tertiary/aromatic N) is 1. The molecule has 1 unspecified atom stereocenters. The van der Waals surface area contributed by atoms with E-state index in [2.05, 4.69) is 5.32 Å². The van der Waals surface area contributed by atoms with Crippen LogP contribution in [0, 0.1) is 17.1 Å². The number of hydrogen-bond donors (Lipinski definition) is 2. The van der Waals surface area contributed by atoms with Crippen LogP contribution in [0.5, 0.6) is 0 Å². The molecule has 5 heteroatoms. The van der Waals surface area contributed by atoms with Gasteiger partial charge >= 0.3 is 5.97 Å². The highest BCUT2D eigenvalue weighted by Gasteiger charge is 2.13. The van der Waals surface area contributed by atoms with Gasteiger partial charge in [-0.1, -0.05) is 36.4 Å². The minimum Gasteiger partial charge on any atom is -0.481 e. The topological polar surface area (TPSA) is 73.1 Å². The van der Waals surface area contributed by atoms with Crippen LogP contribution in [0.3, 0.4) is 0 Å². The van der Waals surface area contributed by atoms with Gasteiger partial charge in [0.25, 0.3) is 0 Å². The number of aliphatic carboxylic acids is 1. The Kier molecular flexibility index (Phi) is 6.47. The summed E-state index contributed by atoms with van der Waals surface area (Å²) < 4.78 is 13.9. The van der Waals surface area contributed by atoms with Gasteiger partial charge in [-0.15, -0.1) is 0 Å².